The van der Waals surface area contributed by atoms with Crippen molar-refractivity contribution in [2.75, 3.05) is 51.4 Å². The zero-order chi connectivity index (χ0) is 18.8. The van der Waals surface area contributed by atoms with E-state index >= 15 is 0 Å². The lowest BCUT2D eigenvalue weighted by atomic mass is 10.2. The third-order valence-electron chi connectivity index (χ3n) is 4.61. The molecule has 1 aliphatic heterocycles. The second-order valence-electron chi connectivity index (χ2n) is 6.54. The zero-order valence-corrected chi connectivity index (χ0v) is 20.0. The minimum Gasteiger partial charge on any atom is -0.379 e. The Labute approximate surface area is 184 Å². The van der Waals surface area contributed by atoms with Gasteiger partial charge in [-0.3, -0.25) is 4.90 Å². The summed E-state index contributed by atoms with van der Waals surface area (Å²) in [7, 11) is 1.97. The fourth-order valence-electron chi connectivity index (χ4n) is 2.73. The SMILES string of the molecule is CSCCCNC(=NCc1nnc(C)n1C)NCC(C)N1CCOCC1.I. The molecule has 2 heterocycles. The molecule has 10 heteroatoms. The van der Waals surface area contributed by atoms with Gasteiger partial charge in [0.1, 0.15) is 12.4 Å². The Balaban J connectivity index is 0.00000364. The second-order valence-corrected chi connectivity index (χ2v) is 7.52. The molecule has 2 N–H and O–H groups in total. The summed E-state index contributed by atoms with van der Waals surface area (Å²) in [6, 6.07) is 0.439. The van der Waals surface area contributed by atoms with Gasteiger partial charge in [-0.05, 0) is 32.3 Å². The van der Waals surface area contributed by atoms with E-state index < -0.39 is 0 Å². The number of ether oxygens (including phenoxy) is 1. The molecule has 0 bridgehead atoms. The fourth-order valence-corrected chi connectivity index (χ4v) is 3.16. The topological polar surface area (TPSA) is 79.6 Å². The average Bonchev–Trinajstić information content (AvgIpc) is 2.99. The van der Waals surface area contributed by atoms with Crippen LogP contribution >= 0.6 is 35.7 Å². The van der Waals surface area contributed by atoms with E-state index in [9.17, 15) is 0 Å². The van der Waals surface area contributed by atoms with Gasteiger partial charge in [-0.15, -0.1) is 34.2 Å². The van der Waals surface area contributed by atoms with Gasteiger partial charge in [-0.1, -0.05) is 0 Å². The first-order chi connectivity index (χ1) is 12.6. The number of rotatable bonds is 9. The van der Waals surface area contributed by atoms with Crippen molar-refractivity contribution in [3.8, 4) is 0 Å². The van der Waals surface area contributed by atoms with Crippen LogP contribution in [0.15, 0.2) is 4.99 Å². The Hall–Kier alpha value is -0.590. The van der Waals surface area contributed by atoms with E-state index in [0.29, 0.717) is 12.6 Å². The van der Waals surface area contributed by atoms with Crippen molar-refractivity contribution >= 4 is 41.7 Å². The minimum atomic E-state index is 0. The van der Waals surface area contributed by atoms with Crippen LogP contribution in [0.2, 0.25) is 0 Å². The van der Waals surface area contributed by atoms with Crippen LogP contribution in [-0.4, -0.2) is 83.1 Å². The summed E-state index contributed by atoms with van der Waals surface area (Å²) in [6.07, 6.45) is 3.25. The zero-order valence-electron chi connectivity index (χ0n) is 16.9. The fraction of sp³-hybridized carbons (Fsp3) is 0.824. The number of aliphatic imine (C=N–C) groups is 1. The van der Waals surface area contributed by atoms with Crippen LogP contribution in [0.3, 0.4) is 0 Å². The number of thioether (sulfide) groups is 1. The summed E-state index contributed by atoms with van der Waals surface area (Å²) in [5, 5.41) is 15.2. The van der Waals surface area contributed by atoms with Gasteiger partial charge in [-0.25, -0.2) is 4.99 Å². The molecular formula is C17H34IN7OS. The maximum atomic E-state index is 5.44. The van der Waals surface area contributed by atoms with E-state index in [2.05, 4.69) is 38.9 Å². The van der Waals surface area contributed by atoms with Crippen molar-refractivity contribution in [3.05, 3.63) is 11.6 Å². The molecule has 27 heavy (non-hydrogen) atoms. The van der Waals surface area contributed by atoms with Crippen LogP contribution in [0.1, 0.15) is 25.0 Å². The number of aromatic nitrogens is 3. The van der Waals surface area contributed by atoms with E-state index in [4.69, 9.17) is 9.73 Å². The van der Waals surface area contributed by atoms with Gasteiger partial charge in [-0.2, -0.15) is 11.8 Å². The molecular weight excluding hydrogens is 477 g/mol. The van der Waals surface area contributed by atoms with Gasteiger partial charge in [0.2, 0.25) is 0 Å². The number of halogens is 1. The Bertz CT molecular complexity index is 563. The lowest BCUT2D eigenvalue weighted by molar-refractivity contribution is 0.0211. The number of hydrogen-bond donors (Lipinski definition) is 2. The van der Waals surface area contributed by atoms with E-state index in [1.807, 2.05) is 30.3 Å². The Morgan fingerprint density at radius 1 is 1.30 bits per heavy atom. The van der Waals surface area contributed by atoms with Crippen LogP contribution < -0.4 is 10.6 Å². The Morgan fingerprint density at radius 3 is 2.67 bits per heavy atom. The minimum absolute atomic E-state index is 0. The molecule has 8 nitrogen and oxygen atoms in total. The highest BCUT2D eigenvalue weighted by Crippen LogP contribution is 2.03. The lowest BCUT2D eigenvalue weighted by Gasteiger charge is -2.32. The predicted molar refractivity (Wildman–Crippen MR) is 123 cm³/mol. The molecule has 2 rings (SSSR count). The van der Waals surface area contributed by atoms with Crippen molar-refractivity contribution in [1.82, 2.24) is 30.3 Å². The molecule has 1 atom stereocenters. The molecule has 0 radical (unpaired) electrons. The third-order valence-corrected chi connectivity index (χ3v) is 5.31. The first kappa shape index (κ1) is 24.4. The average molecular weight is 511 g/mol. The van der Waals surface area contributed by atoms with Gasteiger partial charge in [0, 0.05) is 39.3 Å². The monoisotopic (exact) mass is 511 g/mol. The lowest BCUT2D eigenvalue weighted by Crippen LogP contribution is -2.49. The normalized spacial score (nSPS) is 16.7. The van der Waals surface area contributed by atoms with E-state index in [1.54, 1.807) is 0 Å². The number of nitrogens with zero attached hydrogens (tertiary/aromatic N) is 5. The predicted octanol–water partition coefficient (Wildman–Crippen LogP) is 1.25. The summed E-state index contributed by atoms with van der Waals surface area (Å²) in [5.41, 5.74) is 0. The van der Waals surface area contributed by atoms with Gasteiger partial charge in [0.05, 0.1) is 13.2 Å². The molecule has 0 aromatic carbocycles. The van der Waals surface area contributed by atoms with Crippen molar-refractivity contribution < 1.29 is 4.74 Å². The summed E-state index contributed by atoms with van der Waals surface area (Å²) < 4.78 is 7.41. The molecule has 156 valence electrons. The summed E-state index contributed by atoms with van der Waals surface area (Å²) in [6.45, 7) is 10.1. The van der Waals surface area contributed by atoms with Gasteiger partial charge in [0.15, 0.2) is 11.8 Å². The van der Waals surface area contributed by atoms with E-state index in [0.717, 1.165) is 69.2 Å². The molecule has 1 unspecified atom stereocenters. The quantitative estimate of drug-likeness (QED) is 0.224. The number of nitrogens with one attached hydrogen (secondary N) is 2. The standard InChI is InChI=1S/C17H33N7OS.HI/c1-14(24-7-9-25-10-8-24)12-19-17(18-6-5-11-26-4)20-13-16-22-21-15(2)23(16)3;/h14H,5-13H2,1-4H3,(H2,18,19,20);1H. The summed E-state index contributed by atoms with van der Waals surface area (Å²) in [5.74, 6) is 3.76. The third kappa shape index (κ3) is 8.53. The molecule has 0 aliphatic carbocycles. The van der Waals surface area contributed by atoms with Crippen LogP contribution in [0.4, 0.5) is 0 Å². The molecule has 0 amide bonds. The molecule has 0 spiro atoms. The Morgan fingerprint density at radius 2 is 2.04 bits per heavy atom. The number of guanidine groups is 1. The molecule has 1 aromatic rings. The molecule has 1 fully saturated rings. The Kier molecular flexibility index (Phi) is 12.3. The van der Waals surface area contributed by atoms with Crippen molar-refractivity contribution in [1.29, 1.82) is 0 Å². The van der Waals surface area contributed by atoms with E-state index in [1.165, 1.54) is 0 Å². The maximum absolute atomic E-state index is 5.44. The molecule has 1 aliphatic rings. The number of hydrogen-bond acceptors (Lipinski definition) is 6. The van der Waals surface area contributed by atoms with Crippen LogP contribution in [0, 0.1) is 6.92 Å². The maximum Gasteiger partial charge on any atom is 0.191 e. The highest BCUT2D eigenvalue weighted by molar-refractivity contribution is 14.0. The number of aryl methyl sites for hydroxylation is 1. The highest BCUT2D eigenvalue weighted by atomic mass is 127. The first-order valence-electron chi connectivity index (χ1n) is 9.29. The summed E-state index contributed by atoms with van der Waals surface area (Å²) in [4.78, 5) is 7.16. The first-order valence-corrected chi connectivity index (χ1v) is 10.7. The van der Waals surface area contributed by atoms with Crippen molar-refractivity contribution in [2.45, 2.75) is 32.9 Å². The van der Waals surface area contributed by atoms with Crippen molar-refractivity contribution in [2.24, 2.45) is 12.0 Å². The highest BCUT2D eigenvalue weighted by Gasteiger charge is 2.17. The van der Waals surface area contributed by atoms with Crippen LogP contribution in [0.5, 0.6) is 0 Å². The molecule has 1 saturated heterocycles. The van der Waals surface area contributed by atoms with Gasteiger partial charge >= 0.3 is 0 Å². The van der Waals surface area contributed by atoms with Crippen molar-refractivity contribution in [3.63, 3.8) is 0 Å². The summed E-state index contributed by atoms with van der Waals surface area (Å²) >= 11 is 1.86. The number of morpholine rings is 1. The van der Waals surface area contributed by atoms with E-state index in [-0.39, 0.29) is 24.0 Å². The van der Waals surface area contributed by atoms with Gasteiger partial charge in [0.25, 0.3) is 0 Å². The molecule has 1 aromatic heterocycles. The molecule has 0 saturated carbocycles. The smallest absolute Gasteiger partial charge is 0.191 e. The largest absolute Gasteiger partial charge is 0.379 e. The van der Waals surface area contributed by atoms with Crippen LogP contribution in [-0.2, 0) is 18.3 Å². The van der Waals surface area contributed by atoms with Crippen LogP contribution in [0.25, 0.3) is 0 Å². The second kappa shape index (κ2) is 13.6. The van der Waals surface area contributed by atoms with Gasteiger partial charge < -0.3 is 19.9 Å².